The molecule has 0 radical (unpaired) electrons. The van der Waals surface area contributed by atoms with Crippen molar-refractivity contribution in [2.75, 3.05) is 0 Å². The van der Waals surface area contributed by atoms with Gasteiger partial charge in [0.1, 0.15) is 10.1 Å². The van der Waals surface area contributed by atoms with Crippen LogP contribution in [0.4, 0.5) is 4.39 Å². The van der Waals surface area contributed by atoms with Crippen LogP contribution in [0.3, 0.4) is 0 Å². The molecular weight excluding hydrogens is 199 g/mol. The van der Waals surface area contributed by atoms with Crippen LogP contribution in [-0.2, 0) is 0 Å². The molecule has 2 heterocycles. The molecule has 2 nitrogen and oxygen atoms in total. The molecule has 0 fully saturated rings. The smallest absolute Gasteiger partial charge is 0.213 e. The fourth-order valence-electron chi connectivity index (χ4n) is 0.961. The van der Waals surface area contributed by atoms with E-state index in [-0.39, 0.29) is 0 Å². The Balaban J connectivity index is 2.19. The van der Waals surface area contributed by atoms with Gasteiger partial charge in [-0.05, 0) is 24.3 Å². The molecule has 0 amide bonds. The number of hydrogen-bond donors (Lipinski definition) is 0. The standard InChI is InChI=1S/C10H7FN2S/c11-8-4-3-6-10(13-8)14-9-5-1-2-7-12-9/h1-7H. The van der Waals surface area contributed by atoms with Crippen LogP contribution in [0.25, 0.3) is 0 Å². The molecule has 2 aromatic heterocycles. The largest absolute Gasteiger partial charge is 0.250 e. The fourth-order valence-corrected chi connectivity index (χ4v) is 1.71. The van der Waals surface area contributed by atoms with Gasteiger partial charge >= 0.3 is 0 Å². The van der Waals surface area contributed by atoms with Crippen molar-refractivity contribution in [2.24, 2.45) is 0 Å². The SMILES string of the molecule is Fc1cccc(Sc2ccccn2)n1. The number of aromatic nitrogens is 2. The van der Waals surface area contributed by atoms with Gasteiger partial charge in [0.05, 0.1) is 0 Å². The van der Waals surface area contributed by atoms with Crippen molar-refractivity contribution in [2.45, 2.75) is 10.1 Å². The predicted molar refractivity (Wildman–Crippen MR) is 52.6 cm³/mol. The lowest BCUT2D eigenvalue weighted by Gasteiger charge is -1.98. The highest BCUT2D eigenvalue weighted by Gasteiger charge is 1.99. The lowest BCUT2D eigenvalue weighted by molar-refractivity contribution is 0.572. The molecule has 0 atom stereocenters. The zero-order chi connectivity index (χ0) is 9.80. The molecule has 0 unspecified atom stereocenters. The first-order valence-corrected chi connectivity index (χ1v) is 4.88. The lowest BCUT2D eigenvalue weighted by atomic mass is 10.5. The van der Waals surface area contributed by atoms with E-state index in [0.29, 0.717) is 5.03 Å². The predicted octanol–water partition coefficient (Wildman–Crippen LogP) is 2.77. The van der Waals surface area contributed by atoms with Crippen molar-refractivity contribution >= 4 is 11.8 Å². The third-order valence-electron chi connectivity index (χ3n) is 1.54. The molecule has 0 saturated heterocycles. The first-order chi connectivity index (χ1) is 6.84. The summed E-state index contributed by atoms with van der Waals surface area (Å²) < 4.78 is 12.7. The van der Waals surface area contributed by atoms with Crippen molar-refractivity contribution in [1.82, 2.24) is 9.97 Å². The zero-order valence-corrected chi connectivity index (χ0v) is 8.04. The summed E-state index contributed by atoms with van der Waals surface area (Å²) in [5, 5.41) is 1.43. The summed E-state index contributed by atoms with van der Waals surface area (Å²) in [5.74, 6) is -0.467. The summed E-state index contributed by atoms with van der Waals surface area (Å²) in [4.78, 5) is 7.83. The fraction of sp³-hybridized carbons (Fsp3) is 0. The van der Waals surface area contributed by atoms with E-state index in [1.54, 1.807) is 18.3 Å². The van der Waals surface area contributed by atoms with Crippen LogP contribution in [0.1, 0.15) is 0 Å². The number of nitrogens with zero attached hydrogens (tertiary/aromatic N) is 2. The van der Waals surface area contributed by atoms with Crippen LogP contribution in [0.5, 0.6) is 0 Å². The third kappa shape index (κ3) is 2.29. The summed E-state index contributed by atoms with van der Waals surface area (Å²) in [6, 6.07) is 10.3. The van der Waals surface area contributed by atoms with Crippen LogP contribution < -0.4 is 0 Å². The van der Waals surface area contributed by atoms with E-state index < -0.39 is 5.95 Å². The monoisotopic (exact) mass is 206 g/mol. The summed E-state index contributed by atoms with van der Waals surface area (Å²) in [6.07, 6.45) is 1.70. The number of halogens is 1. The van der Waals surface area contributed by atoms with Crippen molar-refractivity contribution in [3.8, 4) is 0 Å². The molecular formula is C10H7FN2S. The Morgan fingerprint density at radius 3 is 2.57 bits per heavy atom. The van der Waals surface area contributed by atoms with E-state index in [0.717, 1.165) is 5.03 Å². The zero-order valence-electron chi connectivity index (χ0n) is 7.22. The van der Waals surface area contributed by atoms with E-state index in [1.165, 1.54) is 17.8 Å². The second-order valence-corrected chi connectivity index (χ2v) is 3.61. The molecule has 0 spiro atoms. The van der Waals surface area contributed by atoms with Gasteiger partial charge in [0.15, 0.2) is 0 Å². The van der Waals surface area contributed by atoms with Gasteiger partial charge < -0.3 is 0 Å². The molecule has 70 valence electrons. The molecule has 14 heavy (non-hydrogen) atoms. The topological polar surface area (TPSA) is 25.8 Å². The molecule has 2 aromatic rings. The minimum absolute atomic E-state index is 0.467. The summed E-state index contributed by atoms with van der Waals surface area (Å²) >= 11 is 1.34. The van der Waals surface area contributed by atoms with Crippen LogP contribution in [-0.4, -0.2) is 9.97 Å². The highest BCUT2D eigenvalue weighted by atomic mass is 32.2. The van der Waals surface area contributed by atoms with Gasteiger partial charge in [-0.3, -0.25) is 0 Å². The molecule has 0 bridgehead atoms. The Kier molecular flexibility index (Phi) is 2.74. The van der Waals surface area contributed by atoms with Crippen molar-refractivity contribution in [3.63, 3.8) is 0 Å². The molecule has 0 aliphatic heterocycles. The molecule has 0 aliphatic carbocycles. The van der Waals surface area contributed by atoms with E-state index in [1.807, 2.05) is 18.2 Å². The normalized spacial score (nSPS) is 10.1. The minimum Gasteiger partial charge on any atom is -0.250 e. The summed E-state index contributed by atoms with van der Waals surface area (Å²) in [7, 11) is 0. The number of rotatable bonds is 2. The minimum atomic E-state index is -0.467. The second kappa shape index (κ2) is 4.19. The average molecular weight is 206 g/mol. The van der Waals surface area contributed by atoms with Crippen LogP contribution >= 0.6 is 11.8 Å². The average Bonchev–Trinajstić information content (AvgIpc) is 2.19. The number of pyridine rings is 2. The summed E-state index contributed by atoms with van der Waals surface area (Å²) in [6.45, 7) is 0. The molecule has 0 aliphatic rings. The molecule has 4 heteroatoms. The maximum Gasteiger partial charge on any atom is 0.213 e. The van der Waals surface area contributed by atoms with Gasteiger partial charge in [0.2, 0.25) is 5.95 Å². The Bertz CT molecular complexity index is 419. The van der Waals surface area contributed by atoms with E-state index >= 15 is 0 Å². The van der Waals surface area contributed by atoms with Gasteiger partial charge in [0.25, 0.3) is 0 Å². The number of hydrogen-bond acceptors (Lipinski definition) is 3. The molecule has 0 N–H and O–H groups in total. The van der Waals surface area contributed by atoms with Gasteiger partial charge in [-0.25, -0.2) is 9.97 Å². The quantitative estimate of drug-likeness (QED) is 0.706. The summed E-state index contributed by atoms with van der Waals surface area (Å²) in [5.41, 5.74) is 0. The Hall–Kier alpha value is -1.42. The van der Waals surface area contributed by atoms with Gasteiger partial charge in [-0.1, -0.05) is 23.9 Å². The maximum absolute atomic E-state index is 12.7. The van der Waals surface area contributed by atoms with Crippen LogP contribution in [0.2, 0.25) is 0 Å². The maximum atomic E-state index is 12.7. The molecule has 2 rings (SSSR count). The van der Waals surface area contributed by atoms with Gasteiger partial charge in [0, 0.05) is 6.20 Å². The Labute approximate surface area is 85.2 Å². The van der Waals surface area contributed by atoms with Crippen molar-refractivity contribution < 1.29 is 4.39 Å². The van der Waals surface area contributed by atoms with E-state index in [9.17, 15) is 4.39 Å². The lowest BCUT2D eigenvalue weighted by Crippen LogP contribution is -1.85. The molecule has 0 aromatic carbocycles. The first-order valence-electron chi connectivity index (χ1n) is 4.06. The second-order valence-electron chi connectivity index (χ2n) is 2.57. The highest BCUT2D eigenvalue weighted by Crippen LogP contribution is 2.23. The van der Waals surface area contributed by atoms with E-state index in [2.05, 4.69) is 9.97 Å². The van der Waals surface area contributed by atoms with Crippen LogP contribution in [0, 0.1) is 5.95 Å². The van der Waals surface area contributed by atoms with Gasteiger partial charge in [-0.2, -0.15) is 4.39 Å². The van der Waals surface area contributed by atoms with Crippen LogP contribution in [0.15, 0.2) is 52.6 Å². The Morgan fingerprint density at radius 1 is 1.00 bits per heavy atom. The van der Waals surface area contributed by atoms with Gasteiger partial charge in [-0.15, -0.1) is 0 Å². The van der Waals surface area contributed by atoms with E-state index in [4.69, 9.17) is 0 Å². The Morgan fingerprint density at radius 2 is 1.86 bits per heavy atom. The van der Waals surface area contributed by atoms with Crippen molar-refractivity contribution in [1.29, 1.82) is 0 Å². The van der Waals surface area contributed by atoms with Crippen molar-refractivity contribution in [3.05, 3.63) is 48.5 Å². The molecule has 0 saturated carbocycles. The third-order valence-corrected chi connectivity index (χ3v) is 2.42. The highest BCUT2D eigenvalue weighted by molar-refractivity contribution is 7.99. The first kappa shape index (κ1) is 9.15.